The number of hydrogen-bond acceptors (Lipinski definition) is 3. The fraction of sp³-hybridized carbons (Fsp3) is 0.231. The van der Waals surface area contributed by atoms with Gasteiger partial charge in [0, 0.05) is 24.1 Å². The first-order valence-corrected chi connectivity index (χ1v) is 10.9. The molecule has 4 aromatic rings. The minimum absolute atomic E-state index is 0.236. The fourth-order valence-corrected chi connectivity index (χ4v) is 3.97. The van der Waals surface area contributed by atoms with Crippen LogP contribution in [0.3, 0.4) is 0 Å². The number of halogens is 1. The number of carbonyl (C=O) groups excluding carboxylic acids is 1. The molecule has 0 atom stereocenters. The number of nitrogens with zero attached hydrogens (tertiary/aromatic N) is 2. The van der Waals surface area contributed by atoms with Gasteiger partial charge in [0.1, 0.15) is 11.2 Å². The van der Waals surface area contributed by atoms with E-state index in [2.05, 4.69) is 5.32 Å². The molecular formula is C26H26FN3O3. The van der Waals surface area contributed by atoms with E-state index in [0.717, 1.165) is 5.69 Å². The molecule has 2 heterocycles. The van der Waals surface area contributed by atoms with Crippen LogP contribution in [-0.2, 0) is 13.5 Å². The lowest BCUT2D eigenvalue weighted by Gasteiger charge is -2.14. The second kappa shape index (κ2) is 8.94. The van der Waals surface area contributed by atoms with Crippen molar-refractivity contribution in [3.8, 4) is 11.4 Å². The first-order valence-electron chi connectivity index (χ1n) is 10.9. The molecule has 7 heteroatoms. The summed E-state index contributed by atoms with van der Waals surface area (Å²) >= 11 is 0. The highest BCUT2D eigenvalue weighted by molar-refractivity contribution is 6.10. The van der Waals surface area contributed by atoms with Crippen LogP contribution in [0.5, 0.6) is 5.75 Å². The molecule has 6 nitrogen and oxygen atoms in total. The van der Waals surface area contributed by atoms with Crippen LogP contribution in [0.1, 0.15) is 37.0 Å². The monoisotopic (exact) mass is 447 g/mol. The molecule has 0 spiro atoms. The van der Waals surface area contributed by atoms with Gasteiger partial charge >= 0.3 is 0 Å². The van der Waals surface area contributed by atoms with E-state index in [9.17, 15) is 14.0 Å². The Balaban J connectivity index is 1.98. The minimum atomic E-state index is -0.380. The summed E-state index contributed by atoms with van der Waals surface area (Å²) in [6.45, 7) is 5.63. The van der Waals surface area contributed by atoms with E-state index in [1.165, 1.54) is 12.1 Å². The zero-order chi connectivity index (χ0) is 23.7. The predicted molar refractivity (Wildman–Crippen MR) is 128 cm³/mol. The highest BCUT2D eigenvalue weighted by Gasteiger charge is 2.27. The molecule has 170 valence electrons. The number of pyridine rings is 1. The maximum atomic E-state index is 13.8. The molecule has 0 saturated heterocycles. The van der Waals surface area contributed by atoms with Crippen LogP contribution in [0.25, 0.3) is 16.6 Å². The molecule has 1 amide bonds. The summed E-state index contributed by atoms with van der Waals surface area (Å²) in [7, 11) is 1.75. The average Bonchev–Trinajstić information content (AvgIpc) is 3.06. The molecule has 1 N–H and O–H groups in total. The minimum Gasteiger partial charge on any atom is -0.488 e. The van der Waals surface area contributed by atoms with Crippen molar-refractivity contribution >= 4 is 22.5 Å². The smallest absolute Gasteiger partial charge is 0.276 e. The van der Waals surface area contributed by atoms with Gasteiger partial charge < -0.3 is 14.6 Å². The van der Waals surface area contributed by atoms with Crippen LogP contribution in [-0.4, -0.2) is 21.1 Å². The zero-order valence-corrected chi connectivity index (χ0v) is 19.1. The van der Waals surface area contributed by atoms with Gasteiger partial charge in [0.15, 0.2) is 11.4 Å². The number of aromatic nitrogens is 2. The van der Waals surface area contributed by atoms with Crippen molar-refractivity contribution < 1.29 is 13.9 Å². The van der Waals surface area contributed by atoms with E-state index >= 15 is 0 Å². The summed E-state index contributed by atoms with van der Waals surface area (Å²) in [5.74, 6) is -0.518. The molecule has 0 fully saturated rings. The van der Waals surface area contributed by atoms with Crippen molar-refractivity contribution in [3.05, 3.63) is 88.2 Å². The maximum absolute atomic E-state index is 13.8. The van der Waals surface area contributed by atoms with E-state index in [0.29, 0.717) is 28.7 Å². The average molecular weight is 448 g/mol. The SMILES string of the molecule is CCc1cc2c(c(OC(C)C)c(C(=O)Nc3ccccc3)n2C)c(=O)n1-c1ccc(F)cc1. The van der Waals surface area contributed by atoms with Gasteiger partial charge in [-0.1, -0.05) is 25.1 Å². The van der Waals surface area contributed by atoms with Gasteiger partial charge in [0.2, 0.25) is 0 Å². The van der Waals surface area contributed by atoms with Crippen molar-refractivity contribution in [3.63, 3.8) is 0 Å². The van der Waals surface area contributed by atoms with E-state index < -0.39 is 0 Å². The van der Waals surface area contributed by atoms with Crippen molar-refractivity contribution in [1.29, 1.82) is 0 Å². The Bertz CT molecular complexity index is 1370. The molecule has 0 unspecified atom stereocenters. The zero-order valence-electron chi connectivity index (χ0n) is 19.1. The first kappa shape index (κ1) is 22.3. The molecule has 0 radical (unpaired) electrons. The topological polar surface area (TPSA) is 65.3 Å². The van der Waals surface area contributed by atoms with Crippen LogP contribution in [0.2, 0.25) is 0 Å². The summed E-state index contributed by atoms with van der Waals surface area (Å²) < 4.78 is 22.8. The molecule has 2 aromatic heterocycles. The quantitative estimate of drug-likeness (QED) is 0.449. The van der Waals surface area contributed by atoms with Crippen molar-refractivity contribution in [2.45, 2.75) is 33.3 Å². The molecule has 4 rings (SSSR count). The third-order valence-corrected chi connectivity index (χ3v) is 5.45. The first-order chi connectivity index (χ1) is 15.8. The predicted octanol–water partition coefficient (Wildman–Crippen LogP) is 5.07. The number of para-hydroxylation sites is 1. The lowest BCUT2D eigenvalue weighted by Crippen LogP contribution is -2.22. The maximum Gasteiger partial charge on any atom is 0.276 e. The number of ether oxygens (including phenoxy) is 1. The Labute approximate surface area is 191 Å². The van der Waals surface area contributed by atoms with E-state index in [-0.39, 0.29) is 34.8 Å². The normalized spacial score (nSPS) is 11.2. The third-order valence-electron chi connectivity index (χ3n) is 5.45. The molecular weight excluding hydrogens is 421 g/mol. The number of rotatable bonds is 6. The lowest BCUT2D eigenvalue weighted by molar-refractivity contribution is 0.101. The molecule has 0 bridgehead atoms. The summed E-state index contributed by atoms with van der Waals surface area (Å²) in [4.78, 5) is 27.1. The molecule has 33 heavy (non-hydrogen) atoms. The number of amides is 1. The number of aryl methyl sites for hydroxylation is 2. The number of fused-ring (bicyclic) bond motifs is 1. The number of carbonyl (C=O) groups is 1. The fourth-order valence-electron chi connectivity index (χ4n) is 3.97. The molecule has 0 aliphatic heterocycles. The lowest BCUT2D eigenvalue weighted by atomic mass is 10.2. The molecule has 0 saturated carbocycles. The Morgan fingerprint density at radius 3 is 2.36 bits per heavy atom. The van der Waals surface area contributed by atoms with Crippen molar-refractivity contribution in [2.75, 3.05) is 5.32 Å². The van der Waals surface area contributed by atoms with Gasteiger partial charge in [-0.05, 0) is 62.7 Å². The Morgan fingerprint density at radius 2 is 1.76 bits per heavy atom. The second-order valence-corrected chi connectivity index (χ2v) is 8.09. The van der Waals surface area contributed by atoms with Gasteiger partial charge in [0.05, 0.1) is 11.6 Å². The van der Waals surface area contributed by atoms with Crippen LogP contribution < -0.4 is 15.6 Å². The number of benzene rings is 2. The van der Waals surface area contributed by atoms with E-state index in [1.807, 2.05) is 45.0 Å². The Morgan fingerprint density at radius 1 is 1.09 bits per heavy atom. The Hall–Kier alpha value is -3.87. The molecule has 2 aromatic carbocycles. The van der Waals surface area contributed by atoms with Crippen molar-refractivity contribution in [1.82, 2.24) is 9.13 Å². The van der Waals surface area contributed by atoms with Gasteiger partial charge in [-0.3, -0.25) is 14.2 Å². The summed E-state index contributed by atoms with van der Waals surface area (Å²) in [5.41, 5.74) is 2.48. The van der Waals surface area contributed by atoms with Crippen LogP contribution in [0.4, 0.5) is 10.1 Å². The van der Waals surface area contributed by atoms with Gasteiger partial charge in [-0.2, -0.15) is 0 Å². The second-order valence-electron chi connectivity index (χ2n) is 8.09. The highest BCUT2D eigenvalue weighted by Crippen LogP contribution is 2.33. The highest BCUT2D eigenvalue weighted by atomic mass is 19.1. The Kier molecular flexibility index (Phi) is 6.05. The summed E-state index contributed by atoms with van der Waals surface area (Å²) in [5, 5.41) is 3.20. The van der Waals surface area contributed by atoms with Crippen LogP contribution in [0.15, 0.2) is 65.5 Å². The van der Waals surface area contributed by atoms with Crippen molar-refractivity contribution in [2.24, 2.45) is 7.05 Å². The standard InChI is InChI=1S/C26H26FN3O3/c1-5-19-15-21-22(26(32)30(19)20-13-11-17(27)12-14-20)24(33-16(2)3)23(29(21)4)25(31)28-18-9-7-6-8-10-18/h6-16H,5H2,1-4H3,(H,28,31). The van der Waals surface area contributed by atoms with Crippen LogP contribution in [0, 0.1) is 5.82 Å². The largest absolute Gasteiger partial charge is 0.488 e. The summed E-state index contributed by atoms with van der Waals surface area (Å²) in [6, 6.07) is 16.8. The number of anilines is 1. The van der Waals surface area contributed by atoms with Crippen LogP contribution >= 0.6 is 0 Å². The molecule has 0 aliphatic carbocycles. The van der Waals surface area contributed by atoms with Gasteiger partial charge in [0.25, 0.3) is 11.5 Å². The van der Waals surface area contributed by atoms with Gasteiger partial charge in [-0.15, -0.1) is 0 Å². The number of hydrogen-bond donors (Lipinski definition) is 1. The third kappa shape index (κ3) is 4.14. The number of nitrogens with one attached hydrogen (secondary N) is 1. The van der Waals surface area contributed by atoms with E-state index in [4.69, 9.17) is 4.74 Å². The molecule has 0 aliphatic rings. The van der Waals surface area contributed by atoms with E-state index in [1.54, 1.807) is 40.4 Å². The van der Waals surface area contributed by atoms with Gasteiger partial charge in [-0.25, -0.2) is 4.39 Å². The summed E-state index contributed by atoms with van der Waals surface area (Å²) in [6.07, 6.45) is 0.308.